The lowest BCUT2D eigenvalue weighted by molar-refractivity contribution is 0.418. The standard InChI is InChI=1S/C46H44NO3P/c1-29-42(51(48)41-16-12-10-14-36(41)35-13-9-11-15-39(35)50-51)28-40(49-8)44-43(29)37-27-31(30-17-20-32(21-18-30)45(2,3)4)19-26-38(37)47(44)34-24-22-33(23-25-34)46(5,6)7/h9-28H,1-8H3. The van der Waals surface area contributed by atoms with E-state index in [2.05, 4.69) is 120 Å². The number of hydrogen-bond donors (Lipinski definition) is 0. The van der Waals surface area contributed by atoms with Gasteiger partial charge in [-0.15, -0.1) is 0 Å². The van der Waals surface area contributed by atoms with Gasteiger partial charge in [0, 0.05) is 22.0 Å². The van der Waals surface area contributed by atoms with Crippen LogP contribution in [0.2, 0.25) is 0 Å². The summed E-state index contributed by atoms with van der Waals surface area (Å²) in [5.41, 5.74) is 10.8. The van der Waals surface area contributed by atoms with Gasteiger partial charge in [0.2, 0.25) is 0 Å². The normalized spacial score (nSPS) is 15.8. The molecule has 7 aromatic rings. The number of hydrogen-bond acceptors (Lipinski definition) is 3. The maximum atomic E-state index is 15.6. The molecule has 2 heterocycles. The van der Waals surface area contributed by atoms with E-state index < -0.39 is 7.37 Å². The molecule has 0 saturated heterocycles. The molecule has 4 nitrogen and oxygen atoms in total. The number of benzene rings is 6. The van der Waals surface area contributed by atoms with Crippen molar-refractivity contribution in [1.29, 1.82) is 0 Å². The minimum absolute atomic E-state index is 0.0288. The van der Waals surface area contributed by atoms with Gasteiger partial charge in [-0.05, 0) is 93.6 Å². The largest absolute Gasteiger partial charge is 0.495 e. The number of fused-ring (bicyclic) bond motifs is 6. The zero-order valence-electron chi connectivity index (χ0n) is 30.7. The summed E-state index contributed by atoms with van der Waals surface area (Å²) >= 11 is 0. The average molecular weight is 690 g/mol. The Morgan fingerprint density at radius 3 is 1.88 bits per heavy atom. The molecule has 0 bridgehead atoms. The van der Waals surface area contributed by atoms with E-state index in [1.807, 2.05) is 54.6 Å². The van der Waals surface area contributed by atoms with Crippen molar-refractivity contribution in [3.05, 3.63) is 138 Å². The second-order valence-corrected chi connectivity index (χ2v) is 18.0. The number of nitrogens with zero attached hydrogens (tertiary/aromatic N) is 1. The Labute approximate surface area is 301 Å². The van der Waals surface area contributed by atoms with Gasteiger partial charge in [0.05, 0.1) is 28.8 Å². The second-order valence-electron chi connectivity index (χ2n) is 15.8. The van der Waals surface area contributed by atoms with Gasteiger partial charge in [0.1, 0.15) is 11.5 Å². The van der Waals surface area contributed by atoms with Crippen LogP contribution in [0.15, 0.2) is 121 Å². The molecule has 1 aliphatic rings. The van der Waals surface area contributed by atoms with Gasteiger partial charge in [0.15, 0.2) is 0 Å². The highest BCUT2D eigenvalue weighted by Gasteiger charge is 2.40. The monoisotopic (exact) mass is 689 g/mol. The number of rotatable bonds is 4. The number of methoxy groups -OCH3 is 1. The molecule has 6 aromatic carbocycles. The lowest BCUT2D eigenvalue weighted by atomic mass is 9.86. The fraction of sp³-hybridized carbons (Fsp3) is 0.217. The van der Waals surface area contributed by atoms with Crippen LogP contribution in [0.1, 0.15) is 58.2 Å². The quantitative estimate of drug-likeness (QED) is 0.173. The molecule has 0 aliphatic carbocycles. The first-order chi connectivity index (χ1) is 24.3. The van der Waals surface area contributed by atoms with E-state index in [-0.39, 0.29) is 10.8 Å². The van der Waals surface area contributed by atoms with E-state index in [1.165, 1.54) is 11.1 Å². The SMILES string of the molecule is COc1cc(P2(=O)Oc3ccccc3-c3ccccc32)c(C)c2c3cc(-c4ccc(C(C)(C)C)cc4)ccc3n(-c3ccc(C(C)(C)C)cc3)c12. The predicted molar refractivity (Wildman–Crippen MR) is 214 cm³/mol. The maximum absolute atomic E-state index is 15.6. The first kappa shape index (κ1) is 33.1. The van der Waals surface area contributed by atoms with E-state index in [0.29, 0.717) is 22.1 Å². The molecule has 0 amide bonds. The predicted octanol–water partition coefficient (Wildman–Crippen LogP) is 11.7. The average Bonchev–Trinajstić information content (AvgIpc) is 3.46. The first-order valence-corrected chi connectivity index (χ1v) is 19.3. The molecule has 51 heavy (non-hydrogen) atoms. The Morgan fingerprint density at radius 1 is 0.647 bits per heavy atom. The van der Waals surface area contributed by atoms with E-state index in [1.54, 1.807) is 7.11 Å². The molecular weight excluding hydrogens is 645 g/mol. The van der Waals surface area contributed by atoms with Gasteiger partial charge in [-0.1, -0.05) is 120 Å². The third-order valence-electron chi connectivity index (χ3n) is 10.5. The van der Waals surface area contributed by atoms with Gasteiger partial charge < -0.3 is 13.8 Å². The van der Waals surface area contributed by atoms with E-state index in [4.69, 9.17) is 9.26 Å². The van der Waals surface area contributed by atoms with Crippen molar-refractivity contribution in [3.63, 3.8) is 0 Å². The third-order valence-corrected chi connectivity index (χ3v) is 13.0. The molecule has 0 spiro atoms. The Bertz CT molecular complexity index is 2530. The molecule has 0 N–H and O–H groups in total. The maximum Gasteiger partial charge on any atom is 0.307 e. The molecule has 0 radical (unpaired) electrons. The Kier molecular flexibility index (Phi) is 7.63. The summed E-state index contributed by atoms with van der Waals surface area (Å²) in [6.45, 7) is 15.5. The molecule has 8 rings (SSSR count). The molecule has 256 valence electrons. The van der Waals surface area contributed by atoms with Crippen LogP contribution in [-0.2, 0) is 15.4 Å². The Morgan fingerprint density at radius 2 is 1.24 bits per heavy atom. The van der Waals surface area contributed by atoms with Crippen molar-refractivity contribution in [1.82, 2.24) is 4.57 Å². The van der Waals surface area contributed by atoms with E-state index in [9.17, 15) is 0 Å². The molecular formula is C46H44NO3P. The van der Waals surface area contributed by atoms with Crippen molar-refractivity contribution in [2.24, 2.45) is 0 Å². The van der Waals surface area contributed by atoms with E-state index >= 15 is 4.57 Å². The summed E-state index contributed by atoms with van der Waals surface area (Å²) in [5, 5.41) is 3.42. The van der Waals surface area contributed by atoms with Crippen LogP contribution in [0.5, 0.6) is 11.5 Å². The van der Waals surface area contributed by atoms with E-state index in [0.717, 1.165) is 55.3 Å². The lowest BCUT2D eigenvalue weighted by Crippen LogP contribution is -2.27. The number of aryl methyl sites for hydroxylation is 1. The van der Waals surface area contributed by atoms with Crippen LogP contribution >= 0.6 is 7.37 Å². The number of ether oxygens (including phenoxy) is 1. The number of para-hydroxylation sites is 1. The van der Waals surface area contributed by atoms with Crippen LogP contribution in [0, 0.1) is 6.92 Å². The van der Waals surface area contributed by atoms with Crippen LogP contribution in [-0.4, -0.2) is 11.7 Å². The highest BCUT2D eigenvalue weighted by Crippen LogP contribution is 2.56. The summed E-state index contributed by atoms with van der Waals surface area (Å²) in [7, 11) is -1.92. The van der Waals surface area contributed by atoms with Crippen LogP contribution in [0.25, 0.3) is 49.7 Å². The van der Waals surface area contributed by atoms with Gasteiger partial charge in [-0.25, -0.2) is 0 Å². The van der Waals surface area contributed by atoms with Gasteiger partial charge in [-0.3, -0.25) is 4.57 Å². The Balaban J connectivity index is 1.43. The minimum Gasteiger partial charge on any atom is -0.495 e. The molecule has 1 unspecified atom stereocenters. The second kappa shape index (κ2) is 11.8. The topological polar surface area (TPSA) is 40.5 Å². The molecule has 0 fully saturated rings. The highest BCUT2D eigenvalue weighted by atomic mass is 31.2. The summed E-state index contributed by atoms with van der Waals surface area (Å²) in [6, 6.07) is 42.2. The summed E-state index contributed by atoms with van der Waals surface area (Å²) in [5.74, 6) is 1.27. The van der Waals surface area contributed by atoms with Gasteiger partial charge >= 0.3 is 7.37 Å². The summed E-state index contributed by atoms with van der Waals surface area (Å²) in [6.07, 6.45) is 0. The molecule has 1 aromatic heterocycles. The fourth-order valence-corrected chi connectivity index (χ4v) is 10.1. The smallest absolute Gasteiger partial charge is 0.307 e. The highest BCUT2D eigenvalue weighted by molar-refractivity contribution is 7.75. The van der Waals surface area contributed by atoms with Crippen LogP contribution in [0.4, 0.5) is 0 Å². The third kappa shape index (κ3) is 5.31. The summed E-state index contributed by atoms with van der Waals surface area (Å²) in [4.78, 5) is 0. The minimum atomic E-state index is -3.62. The number of aromatic nitrogens is 1. The zero-order chi connectivity index (χ0) is 35.9. The van der Waals surface area contributed by atoms with Crippen molar-refractivity contribution in [2.75, 3.05) is 7.11 Å². The zero-order valence-corrected chi connectivity index (χ0v) is 31.6. The molecule has 1 atom stereocenters. The fourth-order valence-electron chi connectivity index (χ4n) is 7.61. The lowest BCUT2D eigenvalue weighted by Gasteiger charge is -2.30. The van der Waals surface area contributed by atoms with Crippen molar-refractivity contribution < 1.29 is 13.8 Å². The molecule has 5 heteroatoms. The molecule has 0 saturated carbocycles. The Hall–Kier alpha value is -5.05. The first-order valence-electron chi connectivity index (χ1n) is 17.7. The van der Waals surface area contributed by atoms with Crippen molar-refractivity contribution >= 4 is 39.8 Å². The van der Waals surface area contributed by atoms with Crippen molar-refractivity contribution in [3.8, 4) is 39.4 Å². The van der Waals surface area contributed by atoms with Crippen molar-refractivity contribution in [2.45, 2.75) is 59.3 Å². The van der Waals surface area contributed by atoms with Gasteiger partial charge in [0.25, 0.3) is 0 Å². The molecule has 1 aliphatic heterocycles. The van der Waals surface area contributed by atoms with Crippen LogP contribution in [0.3, 0.4) is 0 Å². The van der Waals surface area contributed by atoms with Crippen LogP contribution < -0.4 is 19.9 Å². The van der Waals surface area contributed by atoms with Gasteiger partial charge in [-0.2, -0.15) is 0 Å². The summed E-state index contributed by atoms with van der Waals surface area (Å²) < 4.78 is 30.8.